The maximum Gasteiger partial charge on any atom is 0.590 e. The summed E-state index contributed by atoms with van der Waals surface area (Å²) in [5.74, 6) is -2.96. The van der Waals surface area contributed by atoms with Gasteiger partial charge in [0, 0.05) is 38.5 Å². The number of carbonyl (C=O) groups is 4. The normalized spacial score (nSPS) is 20.8. The summed E-state index contributed by atoms with van der Waals surface area (Å²) in [6, 6.07) is 24.5. The van der Waals surface area contributed by atoms with E-state index in [1.807, 2.05) is 36.4 Å². The van der Waals surface area contributed by atoms with Crippen LogP contribution in [0.2, 0.25) is 0 Å². The van der Waals surface area contributed by atoms with Crippen molar-refractivity contribution in [3.63, 3.8) is 0 Å². The maximum absolute atomic E-state index is 14.9. The van der Waals surface area contributed by atoms with Crippen molar-refractivity contribution in [3.05, 3.63) is 84.9 Å². The van der Waals surface area contributed by atoms with Gasteiger partial charge in [0.2, 0.25) is 6.29 Å². The average molecular weight is 681 g/mol. The maximum atomic E-state index is 14.9. The number of benzene rings is 4. The van der Waals surface area contributed by atoms with Crippen molar-refractivity contribution < 1.29 is 61.0 Å². The van der Waals surface area contributed by atoms with Crippen molar-refractivity contribution in [2.75, 3.05) is 6.61 Å². The van der Waals surface area contributed by atoms with Crippen molar-refractivity contribution in [1.29, 1.82) is 0 Å². The summed E-state index contributed by atoms with van der Waals surface area (Å²) in [7, 11) is -4.87. The number of esters is 4. The van der Waals surface area contributed by atoms with Crippen molar-refractivity contribution in [2.45, 2.75) is 58.4 Å². The fraction of sp³-hybridized carbons (Fsp3) is 0.294. The molecule has 0 radical (unpaired) electrons. The lowest BCUT2D eigenvalue weighted by Gasteiger charge is -2.44. The summed E-state index contributed by atoms with van der Waals surface area (Å²) in [6.07, 6.45) is -7.90. The predicted molar refractivity (Wildman–Crippen MR) is 170 cm³/mol. The first kappa shape index (κ1) is 34.4. The van der Waals surface area contributed by atoms with E-state index >= 15 is 0 Å². The van der Waals surface area contributed by atoms with Gasteiger partial charge in [-0.2, -0.15) is 0 Å². The van der Waals surface area contributed by atoms with Crippen LogP contribution >= 0.6 is 7.82 Å². The Morgan fingerprint density at radius 3 is 1.56 bits per heavy atom. The largest absolute Gasteiger partial charge is 0.590 e. The molecule has 4 aromatic rings. The van der Waals surface area contributed by atoms with Crippen LogP contribution in [0, 0.1) is 0 Å². The Hall–Kier alpha value is -4.97. The second kappa shape index (κ2) is 14.8. The second-order valence-electron chi connectivity index (χ2n) is 10.8. The Morgan fingerprint density at radius 1 is 0.604 bits per heavy atom. The minimum atomic E-state index is -4.87. The number of phosphoric acid groups is 1. The molecule has 1 aliphatic rings. The minimum absolute atomic E-state index is 0.127. The van der Waals surface area contributed by atoms with Gasteiger partial charge in [-0.15, -0.1) is 0 Å². The summed E-state index contributed by atoms with van der Waals surface area (Å²) in [5.41, 5.74) is 0. The molecule has 0 amide bonds. The van der Waals surface area contributed by atoms with Gasteiger partial charge in [-0.25, -0.2) is 9.09 Å². The lowest BCUT2D eigenvalue weighted by Crippen LogP contribution is -2.62. The van der Waals surface area contributed by atoms with Crippen LogP contribution in [0.4, 0.5) is 0 Å². The van der Waals surface area contributed by atoms with Crippen LogP contribution in [-0.4, -0.2) is 61.2 Å². The SMILES string of the molecule is CC(=O)OC[C@H]1O[C@H](OP(=O)(Oc2cccc3ccccc23)Oc2cccc3ccccc23)[C@@H](OC(C)=O)[C@@H](OC(C)=O)[C@@H]1OC(C)=O. The van der Waals surface area contributed by atoms with E-state index in [1.54, 1.807) is 48.5 Å². The van der Waals surface area contributed by atoms with E-state index < -0.39 is 69.0 Å². The molecule has 0 spiro atoms. The topological polar surface area (TPSA) is 159 Å². The van der Waals surface area contributed by atoms with Crippen molar-refractivity contribution in [3.8, 4) is 11.5 Å². The summed E-state index contributed by atoms with van der Waals surface area (Å²) in [6.45, 7) is 3.89. The van der Waals surface area contributed by atoms with Crippen molar-refractivity contribution in [2.24, 2.45) is 0 Å². The molecule has 0 aromatic heterocycles. The van der Waals surface area contributed by atoms with Crippen LogP contribution in [0.15, 0.2) is 84.9 Å². The first-order valence-corrected chi connectivity index (χ1v) is 16.3. The molecule has 1 heterocycles. The first-order valence-electron chi connectivity index (χ1n) is 14.9. The van der Waals surface area contributed by atoms with E-state index in [2.05, 4.69) is 0 Å². The number of hydrogen-bond donors (Lipinski definition) is 0. The lowest BCUT2D eigenvalue weighted by atomic mass is 9.98. The molecule has 0 saturated carbocycles. The predicted octanol–water partition coefficient (Wildman–Crippen LogP) is 5.66. The number of carbonyl (C=O) groups excluding carboxylic acids is 4. The van der Waals surface area contributed by atoms with Crippen molar-refractivity contribution >= 4 is 53.2 Å². The van der Waals surface area contributed by atoms with E-state index in [0.29, 0.717) is 10.8 Å². The number of rotatable bonds is 11. The zero-order valence-electron chi connectivity index (χ0n) is 26.4. The highest BCUT2D eigenvalue weighted by atomic mass is 31.2. The summed E-state index contributed by atoms with van der Waals surface area (Å²) in [5, 5.41) is 2.68. The average Bonchev–Trinajstić information content (AvgIpc) is 3.02. The van der Waals surface area contributed by atoms with Crippen LogP contribution in [0.3, 0.4) is 0 Å². The van der Waals surface area contributed by atoms with Gasteiger partial charge >= 0.3 is 31.7 Å². The zero-order valence-corrected chi connectivity index (χ0v) is 27.3. The first-order chi connectivity index (χ1) is 22.9. The van der Waals surface area contributed by atoms with Gasteiger partial charge in [0.05, 0.1) is 0 Å². The molecule has 5 atom stereocenters. The molecule has 5 rings (SSSR count). The van der Waals surface area contributed by atoms with Gasteiger partial charge in [-0.1, -0.05) is 72.8 Å². The fourth-order valence-electron chi connectivity index (χ4n) is 5.25. The Balaban J connectivity index is 1.62. The number of hydrogen-bond acceptors (Lipinski definition) is 13. The van der Waals surface area contributed by atoms with Gasteiger partial charge in [-0.05, 0) is 22.9 Å². The van der Waals surface area contributed by atoms with Crippen LogP contribution in [0.25, 0.3) is 21.5 Å². The Labute approximate surface area is 275 Å². The number of phosphoric ester groups is 1. The molecule has 1 fully saturated rings. The highest BCUT2D eigenvalue weighted by molar-refractivity contribution is 7.49. The molecule has 4 aromatic carbocycles. The van der Waals surface area contributed by atoms with E-state index in [4.69, 9.17) is 37.3 Å². The lowest BCUT2D eigenvalue weighted by molar-refractivity contribution is -0.290. The monoisotopic (exact) mass is 680 g/mol. The molecular weight excluding hydrogens is 647 g/mol. The van der Waals surface area contributed by atoms with Crippen LogP contribution in [0.1, 0.15) is 27.7 Å². The second-order valence-corrected chi connectivity index (χ2v) is 12.2. The highest BCUT2D eigenvalue weighted by Gasteiger charge is 2.55. The summed E-state index contributed by atoms with van der Waals surface area (Å²) >= 11 is 0. The molecule has 1 aliphatic heterocycles. The van der Waals surface area contributed by atoms with Gasteiger partial charge in [-0.3, -0.25) is 19.2 Å². The molecule has 48 heavy (non-hydrogen) atoms. The molecule has 0 unspecified atom stereocenters. The molecule has 252 valence electrons. The fourth-order valence-corrected chi connectivity index (χ4v) is 6.60. The van der Waals surface area contributed by atoms with Crippen LogP contribution in [0.5, 0.6) is 11.5 Å². The van der Waals surface area contributed by atoms with Crippen molar-refractivity contribution in [1.82, 2.24) is 0 Å². The smallest absolute Gasteiger partial charge is 0.463 e. The molecule has 0 bridgehead atoms. The van der Waals surface area contributed by atoms with Gasteiger partial charge in [0.1, 0.15) is 24.2 Å². The molecule has 1 saturated heterocycles. The third-order valence-electron chi connectivity index (χ3n) is 7.10. The van der Waals surface area contributed by atoms with E-state index in [9.17, 15) is 23.7 Å². The Morgan fingerprint density at radius 2 is 1.06 bits per heavy atom. The molecular formula is C34H33O13P. The van der Waals surface area contributed by atoms with E-state index in [-0.39, 0.29) is 11.5 Å². The molecule has 0 N–H and O–H groups in total. The number of ether oxygens (including phenoxy) is 5. The molecule has 0 aliphatic carbocycles. The zero-order chi connectivity index (χ0) is 34.4. The van der Waals surface area contributed by atoms with Gasteiger partial charge in [0.15, 0.2) is 18.3 Å². The van der Waals surface area contributed by atoms with Gasteiger partial charge in [0.25, 0.3) is 0 Å². The molecule has 13 nitrogen and oxygen atoms in total. The van der Waals surface area contributed by atoms with Gasteiger partial charge < -0.3 is 32.7 Å². The van der Waals surface area contributed by atoms with E-state index in [1.165, 1.54) is 0 Å². The molecule has 14 heteroatoms. The standard InChI is InChI=1S/C34H33O13P/c1-20(35)40-19-30-31(41-21(2)36)32(42-22(3)37)33(43-23(4)38)34(44-30)47-48(39,45-28-17-9-13-24-11-5-7-15-26(24)28)46-29-18-10-14-25-12-6-8-16-27(25)29/h5-18,30-34H,19H2,1-4H3/t30-,31-,32+,33+,34-/m1/s1. The number of fused-ring (bicyclic) bond motifs is 2. The summed E-state index contributed by atoms with van der Waals surface area (Å²) in [4.78, 5) is 48.6. The summed E-state index contributed by atoms with van der Waals surface area (Å²) < 4.78 is 60.7. The quantitative estimate of drug-likeness (QED) is 0.109. The minimum Gasteiger partial charge on any atom is -0.463 e. The van der Waals surface area contributed by atoms with Crippen LogP contribution < -0.4 is 9.05 Å². The highest BCUT2D eigenvalue weighted by Crippen LogP contribution is 2.54. The van der Waals surface area contributed by atoms with E-state index in [0.717, 1.165) is 38.5 Å². The Bertz CT molecular complexity index is 1780. The Kier molecular flexibility index (Phi) is 10.6. The third-order valence-corrected chi connectivity index (χ3v) is 8.41. The third kappa shape index (κ3) is 8.29. The van der Waals surface area contributed by atoms with Crippen LogP contribution in [-0.2, 0) is 52.0 Å².